The van der Waals surface area contributed by atoms with E-state index in [9.17, 15) is 0 Å². The van der Waals surface area contributed by atoms with Crippen molar-refractivity contribution in [3.63, 3.8) is 0 Å². The second-order valence-corrected chi connectivity index (χ2v) is 8.71. The van der Waals surface area contributed by atoms with Gasteiger partial charge in [0.15, 0.2) is 0 Å². The van der Waals surface area contributed by atoms with Gasteiger partial charge < -0.3 is 15.0 Å². The van der Waals surface area contributed by atoms with Crippen LogP contribution in [0.2, 0.25) is 0 Å². The third kappa shape index (κ3) is 7.68. The fourth-order valence-electron chi connectivity index (χ4n) is 4.01. The monoisotopic (exact) mass is 407 g/mol. The van der Waals surface area contributed by atoms with E-state index < -0.39 is 0 Å². The molecule has 0 bridgehead atoms. The molecular formula is C23H41N3OS. The molecule has 0 amide bonds. The van der Waals surface area contributed by atoms with E-state index in [1.54, 1.807) is 0 Å². The van der Waals surface area contributed by atoms with E-state index in [4.69, 9.17) is 4.74 Å². The number of ether oxygens (including phenoxy) is 1. The van der Waals surface area contributed by atoms with Crippen molar-refractivity contribution in [1.29, 1.82) is 0 Å². The van der Waals surface area contributed by atoms with Gasteiger partial charge in [0.05, 0.1) is 18.8 Å². The molecule has 1 atom stereocenters. The molecule has 1 fully saturated rings. The molecule has 1 aromatic carbocycles. The number of thioether (sulfide) groups is 1. The van der Waals surface area contributed by atoms with E-state index in [-0.39, 0.29) is 5.54 Å². The lowest BCUT2D eigenvalue weighted by atomic mass is 9.94. The minimum absolute atomic E-state index is 0.156. The summed E-state index contributed by atoms with van der Waals surface area (Å²) in [6.07, 6.45) is 2.40. The van der Waals surface area contributed by atoms with Crippen LogP contribution in [0.25, 0.3) is 0 Å². The molecule has 1 aliphatic heterocycles. The highest BCUT2D eigenvalue weighted by Crippen LogP contribution is 2.30. The molecule has 5 heteroatoms. The summed E-state index contributed by atoms with van der Waals surface area (Å²) in [5.41, 5.74) is 1.57. The molecule has 2 rings (SSSR count). The number of benzene rings is 1. The van der Waals surface area contributed by atoms with Gasteiger partial charge in [0.1, 0.15) is 0 Å². The van der Waals surface area contributed by atoms with E-state index in [0.717, 1.165) is 63.9 Å². The predicted octanol–water partition coefficient (Wildman–Crippen LogP) is 3.72. The van der Waals surface area contributed by atoms with Crippen molar-refractivity contribution in [3.05, 3.63) is 35.9 Å². The van der Waals surface area contributed by atoms with Crippen molar-refractivity contribution in [2.24, 2.45) is 0 Å². The summed E-state index contributed by atoms with van der Waals surface area (Å²) in [5.74, 6) is 2.22. The topological polar surface area (TPSA) is 27.7 Å². The number of morpholine rings is 1. The number of hydrogen-bond acceptors (Lipinski definition) is 5. The average molecular weight is 408 g/mol. The molecule has 1 N–H and O–H groups in total. The zero-order valence-corrected chi connectivity index (χ0v) is 19.1. The van der Waals surface area contributed by atoms with Crippen molar-refractivity contribution < 1.29 is 4.74 Å². The van der Waals surface area contributed by atoms with Crippen LogP contribution in [0, 0.1) is 0 Å². The fourth-order valence-corrected chi connectivity index (χ4v) is 5.33. The molecule has 0 spiro atoms. The molecule has 4 nitrogen and oxygen atoms in total. The Morgan fingerprint density at radius 1 is 1.18 bits per heavy atom. The molecule has 1 aliphatic rings. The number of hydrogen-bond donors (Lipinski definition) is 1. The Hall–Kier alpha value is -0.590. The zero-order chi connectivity index (χ0) is 20.1. The van der Waals surface area contributed by atoms with Crippen LogP contribution in [0.3, 0.4) is 0 Å². The van der Waals surface area contributed by atoms with Crippen LogP contribution in [-0.2, 0) is 10.5 Å². The van der Waals surface area contributed by atoms with E-state index in [1.807, 2.05) is 0 Å². The van der Waals surface area contributed by atoms with Gasteiger partial charge in [0.2, 0.25) is 0 Å². The summed E-state index contributed by atoms with van der Waals surface area (Å²) in [7, 11) is 0. The second kappa shape index (κ2) is 13.6. The molecule has 0 aromatic heterocycles. The average Bonchev–Trinajstić information content (AvgIpc) is 2.73. The van der Waals surface area contributed by atoms with Gasteiger partial charge in [-0.2, -0.15) is 11.8 Å². The van der Waals surface area contributed by atoms with Gasteiger partial charge >= 0.3 is 0 Å². The molecule has 0 radical (unpaired) electrons. The third-order valence-corrected chi connectivity index (χ3v) is 7.12. The van der Waals surface area contributed by atoms with Crippen LogP contribution >= 0.6 is 11.8 Å². The largest absolute Gasteiger partial charge is 0.378 e. The number of nitrogens with zero attached hydrogens (tertiary/aromatic N) is 2. The van der Waals surface area contributed by atoms with E-state index in [0.29, 0.717) is 0 Å². The first-order valence-corrected chi connectivity index (χ1v) is 12.3. The lowest BCUT2D eigenvalue weighted by molar-refractivity contribution is -0.0618. The summed E-state index contributed by atoms with van der Waals surface area (Å²) in [5, 5.41) is 3.54. The maximum atomic E-state index is 6.03. The minimum atomic E-state index is 0.156. The summed E-state index contributed by atoms with van der Waals surface area (Å²) in [6, 6.07) is 10.8. The van der Waals surface area contributed by atoms with Crippen molar-refractivity contribution in [3.8, 4) is 0 Å². The molecule has 1 aromatic rings. The standard InChI is InChI=1S/C23H41N3OS/c1-4-24-14-13-23(21-28-19-22-11-8-7-9-12-22)20-27-18-17-26(23)16-10-15-25(5-2)6-3/h7-9,11-12,24H,4-6,10,13-21H2,1-3H3. The van der Waals surface area contributed by atoms with Crippen molar-refractivity contribution in [1.82, 2.24) is 15.1 Å². The first kappa shape index (κ1) is 23.7. The van der Waals surface area contributed by atoms with Crippen LogP contribution in [0.15, 0.2) is 30.3 Å². The summed E-state index contributed by atoms with van der Waals surface area (Å²) < 4.78 is 6.03. The molecule has 0 aliphatic carbocycles. The molecular weight excluding hydrogens is 366 g/mol. The summed E-state index contributed by atoms with van der Waals surface area (Å²) in [6.45, 7) is 16.3. The number of rotatable bonds is 14. The van der Waals surface area contributed by atoms with Gasteiger partial charge in [-0.1, -0.05) is 51.1 Å². The Kier molecular flexibility index (Phi) is 11.5. The van der Waals surface area contributed by atoms with Crippen LogP contribution in [0.4, 0.5) is 0 Å². The number of nitrogens with one attached hydrogen (secondary N) is 1. The Labute approximate surface area is 177 Å². The third-order valence-electron chi connectivity index (χ3n) is 5.84. The molecule has 160 valence electrons. The Bertz CT molecular complexity index is 512. The lowest BCUT2D eigenvalue weighted by Crippen LogP contribution is -2.60. The first-order valence-electron chi connectivity index (χ1n) is 11.1. The zero-order valence-electron chi connectivity index (χ0n) is 18.3. The van der Waals surface area contributed by atoms with Gasteiger partial charge in [-0.05, 0) is 51.1 Å². The van der Waals surface area contributed by atoms with Crippen molar-refractivity contribution in [2.45, 2.75) is 44.9 Å². The van der Waals surface area contributed by atoms with Crippen molar-refractivity contribution >= 4 is 11.8 Å². The molecule has 0 saturated carbocycles. The van der Waals surface area contributed by atoms with Gasteiger partial charge in [-0.3, -0.25) is 4.90 Å². The first-order chi connectivity index (χ1) is 13.7. The van der Waals surface area contributed by atoms with Gasteiger partial charge in [-0.15, -0.1) is 0 Å². The summed E-state index contributed by atoms with van der Waals surface area (Å²) >= 11 is 2.06. The summed E-state index contributed by atoms with van der Waals surface area (Å²) in [4.78, 5) is 5.28. The van der Waals surface area contributed by atoms with Gasteiger partial charge in [0, 0.05) is 24.6 Å². The SMILES string of the molecule is CCNCCC1(CSCc2ccccc2)COCCN1CCCN(CC)CC. The molecule has 1 heterocycles. The Morgan fingerprint density at radius 3 is 2.68 bits per heavy atom. The van der Waals surface area contributed by atoms with E-state index in [2.05, 4.69) is 78.0 Å². The normalized spacial score (nSPS) is 20.7. The highest BCUT2D eigenvalue weighted by Gasteiger charge is 2.38. The quantitative estimate of drug-likeness (QED) is 0.475. The highest BCUT2D eigenvalue weighted by atomic mass is 32.2. The van der Waals surface area contributed by atoms with Gasteiger partial charge in [0.25, 0.3) is 0 Å². The molecule has 1 saturated heterocycles. The van der Waals surface area contributed by atoms with Crippen LogP contribution in [-0.4, -0.2) is 80.1 Å². The molecule has 1 unspecified atom stereocenters. The second-order valence-electron chi connectivity index (χ2n) is 7.73. The Morgan fingerprint density at radius 2 is 1.96 bits per heavy atom. The smallest absolute Gasteiger partial charge is 0.0659 e. The van der Waals surface area contributed by atoms with E-state index in [1.165, 1.54) is 25.1 Å². The van der Waals surface area contributed by atoms with Crippen LogP contribution in [0.5, 0.6) is 0 Å². The molecule has 28 heavy (non-hydrogen) atoms. The van der Waals surface area contributed by atoms with Crippen molar-refractivity contribution in [2.75, 3.05) is 64.8 Å². The maximum absolute atomic E-state index is 6.03. The van der Waals surface area contributed by atoms with Gasteiger partial charge in [-0.25, -0.2) is 0 Å². The van der Waals surface area contributed by atoms with Crippen LogP contribution in [0.1, 0.15) is 39.2 Å². The maximum Gasteiger partial charge on any atom is 0.0659 e. The van der Waals surface area contributed by atoms with Crippen LogP contribution < -0.4 is 5.32 Å². The predicted molar refractivity (Wildman–Crippen MR) is 123 cm³/mol. The minimum Gasteiger partial charge on any atom is -0.378 e. The Balaban J connectivity index is 1.96. The fraction of sp³-hybridized carbons (Fsp3) is 0.739. The highest BCUT2D eigenvalue weighted by molar-refractivity contribution is 7.98. The lowest BCUT2D eigenvalue weighted by Gasteiger charge is -2.47. The van der Waals surface area contributed by atoms with E-state index >= 15 is 0 Å².